The first-order chi connectivity index (χ1) is 15.3. The summed E-state index contributed by atoms with van der Waals surface area (Å²) in [6.45, 7) is 2.14. The van der Waals surface area contributed by atoms with Crippen LogP contribution in [0.1, 0.15) is 11.1 Å². The zero-order valence-electron chi connectivity index (χ0n) is 17.3. The van der Waals surface area contributed by atoms with E-state index < -0.39 is 0 Å². The van der Waals surface area contributed by atoms with Gasteiger partial charge in [0.1, 0.15) is 0 Å². The highest BCUT2D eigenvalue weighted by atomic mass is 79.9. The lowest BCUT2D eigenvalue weighted by atomic mass is 10.2. The molecule has 0 saturated heterocycles. The van der Waals surface area contributed by atoms with E-state index in [2.05, 4.69) is 26.6 Å². The third kappa shape index (κ3) is 6.45. The molecular weight excluding hydrogens is 539 g/mol. The van der Waals surface area contributed by atoms with Crippen LogP contribution in [0, 0.1) is 6.92 Å². The Labute approximate surface area is 210 Å². The number of benzene rings is 3. The summed E-state index contributed by atoms with van der Waals surface area (Å²) < 4.78 is 11.9. The molecule has 0 aliphatic carbocycles. The number of anilines is 2. The Morgan fingerprint density at radius 1 is 0.969 bits per heavy atom. The van der Waals surface area contributed by atoms with Crippen molar-refractivity contribution >= 4 is 68.0 Å². The van der Waals surface area contributed by atoms with E-state index in [1.807, 2.05) is 31.2 Å². The second-order valence-corrected chi connectivity index (χ2v) is 8.97. The van der Waals surface area contributed by atoms with Crippen LogP contribution in [-0.2, 0) is 11.3 Å². The zero-order chi connectivity index (χ0) is 23.3. The number of methoxy groups -OCH3 is 1. The Balaban J connectivity index is 1.64. The van der Waals surface area contributed by atoms with Gasteiger partial charge in [0.15, 0.2) is 18.1 Å². The molecular formula is C23H20BrCl3N2O3. The minimum absolute atomic E-state index is 0.240. The van der Waals surface area contributed by atoms with Gasteiger partial charge in [-0.1, -0.05) is 40.9 Å². The van der Waals surface area contributed by atoms with Crippen LogP contribution in [0.5, 0.6) is 11.5 Å². The Kier molecular flexibility index (Phi) is 8.54. The lowest BCUT2D eigenvalue weighted by molar-refractivity contribution is -0.118. The molecule has 0 aromatic heterocycles. The maximum atomic E-state index is 12.3. The van der Waals surface area contributed by atoms with Gasteiger partial charge in [-0.25, -0.2) is 0 Å². The predicted octanol–water partition coefficient (Wildman–Crippen LogP) is 7.36. The zero-order valence-corrected chi connectivity index (χ0v) is 21.1. The first-order valence-corrected chi connectivity index (χ1v) is 11.4. The Morgan fingerprint density at radius 3 is 2.38 bits per heavy atom. The number of amides is 1. The number of hydrogen-bond acceptors (Lipinski definition) is 4. The number of carbonyl (C=O) groups excluding carboxylic acids is 1. The first kappa shape index (κ1) is 24.5. The van der Waals surface area contributed by atoms with Crippen molar-refractivity contribution in [1.29, 1.82) is 0 Å². The van der Waals surface area contributed by atoms with E-state index in [0.29, 0.717) is 38.8 Å². The van der Waals surface area contributed by atoms with E-state index >= 15 is 0 Å². The number of ether oxygens (including phenoxy) is 2. The van der Waals surface area contributed by atoms with Crippen molar-refractivity contribution in [3.8, 4) is 11.5 Å². The van der Waals surface area contributed by atoms with E-state index in [4.69, 9.17) is 44.3 Å². The second-order valence-electron chi connectivity index (χ2n) is 6.89. The van der Waals surface area contributed by atoms with Gasteiger partial charge in [-0.05, 0) is 76.4 Å². The summed E-state index contributed by atoms with van der Waals surface area (Å²) in [5.74, 6) is 0.372. The van der Waals surface area contributed by atoms with Crippen molar-refractivity contribution in [1.82, 2.24) is 0 Å². The summed E-state index contributed by atoms with van der Waals surface area (Å²) in [5.41, 5.74) is 3.25. The Hall–Kier alpha value is -2.12. The highest BCUT2D eigenvalue weighted by Crippen LogP contribution is 2.37. The summed E-state index contributed by atoms with van der Waals surface area (Å²) >= 11 is 22.0. The molecule has 3 aromatic carbocycles. The van der Waals surface area contributed by atoms with Crippen LogP contribution in [0.3, 0.4) is 0 Å². The van der Waals surface area contributed by atoms with Crippen molar-refractivity contribution in [2.45, 2.75) is 13.5 Å². The molecule has 3 aromatic rings. The van der Waals surface area contributed by atoms with Crippen molar-refractivity contribution in [2.24, 2.45) is 0 Å². The second kappa shape index (κ2) is 11.1. The Bertz CT molecular complexity index is 1140. The molecule has 0 aliphatic heterocycles. The maximum Gasteiger partial charge on any atom is 0.262 e. The van der Waals surface area contributed by atoms with E-state index in [1.165, 1.54) is 7.11 Å². The topological polar surface area (TPSA) is 59.6 Å². The molecule has 0 fully saturated rings. The fraction of sp³-hybridized carbons (Fsp3) is 0.174. The third-order valence-corrected chi connectivity index (χ3v) is 6.43. The van der Waals surface area contributed by atoms with E-state index in [1.54, 1.807) is 24.3 Å². The van der Waals surface area contributed by atoms with Crippen LogP contribution in [0.2, 0.25) is 15.1 Å². The van der Waals surface area contributed by atoms with Crippen molar-refractivity contribution in [2.75, 3.05) is 24.4 Å². The van der Waals surface area contributed by atoms with Crippen molar-refractivity contribution in [3.05, 3.63) is 79.2 Å². The minimum Gasteiger partial charge on any atom is -0.493 e. The molecule has 5 nitrogen and oxygen atoms in total. The van der Waals surface area contributed by atoms with Gasteiger partial charge in [0.25, 0.3) is 5.91 Å². The van der Waals surface area contributed by atoms with E-state index in [9.17, 15) is 4.79 Å². The van der Waals surface area contributed by atoms with Crippen LogP contribution >= 0.6 is 50.7 Å². The number of halogens is 4. The molecule has 0 saturated carbocycles. The fourth-order valence-electron chi connectivity index (χ4n) is 2.83. The minimum atomic E-state index is -0.346. The largest absolute Gasteiger partial charge is 0.493 e. The first-order valence-electron chi connectivity index (χ1n) is 9.51. The predicted molar refractivity (Wildman–Crippen MR) is 135 cm³/mol. The summed E-state index contributed by atoms with van der Waals surface area (Å²) in [4.78, 5) is 12.3. The molecule has 0 spiro atoms. The standard InChI is InChI=1S/C23H20BrCl3N2O3/c1-13-3-4-16(10-18(13)25)29-22(30)12-32-23-20(27)7-14(8-21(23)31-2)11-28-15-5-6-17(24)19(26)9-15/h3-10,28H,11-12H2,1-2H3,(H,29,30). The van der Waals surface area contributed by atoms with Gasteiger partial charge in [0, 0.05) is 27.4 Å². The monoisotopic (exact) mass is 556 g/mol. The van der Waals surface area contributed by atoms with Gasteiger partial charge in [-0.2, -0.15) is 0 Å². The van der Waals surface area contributed by atoms with Gasteiger partial charge in [0.2, 0.25) is 0 Å². The molecule has 1 amide bonds. The molecule has 9 heteroatoms. The average Bonchev–Trinajstić information content (AvgIpc) is 2.76. The number of rotatable bonds is 8. The molecule has 0 aliphatic rings. The Morgan fingerprint density at radius 2 is 1.69 bits per heavy atom. The average molecular weight is 559 g/mol. The van der Waals surface area contributed by atoms with E-state index in [0.717, 1.165) is 21.3 Å². The number of nitrogens with one attached hydrogen (secondary N) is 2. The van der Waals surface area contributed by atoms with Gasteiger partial charge in [0.05, 0.1) is 17.2 Å². The molecule has 0 bridgehead atoms. The fourth-order valence-corrected chi connectivity index (χ4v) is 3.73. The summed E-state index contributed by atoms with van der Waals surface area (Å²) in [6.07, 6.45) is 0. The molecule has 0 radical (unpaired) electrons. The van der Waals surface area contributed by atoms with Crippen LogP contribution < -0.4 is 20.1 Å². The van der Waals surface area contributed by atoms with Crippen LogP contribution in [0.4, 0.5) is 11.4 Å². The summed E-state index contributed by atoms with van der Waals surface area (Å²) in [7, 11) is 1.51. The van der Waals surface area contributed by atoms with Gasteiger partial charge in [-0.3, -0.25) is 4.79 Å². The van der Waals surface area contributed by atoms with Crippen LogP contribution in [0.25, 0.3) is 0 Å². The number of aryl methyl sites for hydroxylation is 1. The number of carbonyl (C=O) groups is 1. The molecule has 3 rings (SSSR count). The normalized spacial score (nSPS) is 10.6. The van der Waals surface area contributed by atoms with Crippen LogP contribution in [0.15, 0.2) is 53.0 Å². The van der Waals surface area contributed by atoms with Gasteiger partial charge < -0.3 is 20.1 Å². The molecule has 0 unspecified atom stereocenters. The smallest absolute Gasteiger partial charge is 0.262 e. The SMILES string of the molecule is COc1cc(CNc2ccc(Br)c(Cl)c2)cc(Cl)c1OCC(=O)Nc1ccc(C)c(Cl)c1. The lowest BCUT2D eigenvalue weighted by Crippen LogP contribution is -2.20. The van der Waals surface area contributed by atoms with Gasteiger partial charge in [-0.15, -0.1) is 0 Å². The van der Waals surface area contributed by atoms with Gasteiger partial charge >= 0.3 is 0 Å². The summed E-state index contributed by atoms with van der Waals surface area (Å²) in [5, 5.41) is 7.54. The highest BCUT2D eigenvalue weighted by Gasteiger charge is 2.14. The quantitative estimate of drug-likeness (QED) is 0.303. The number of hydrogen-bond donors (Lipinski definition) is 2. The molecule has 2 N–H and O–H groups in total. The van der Waals surface area contributed by atoms with Crippen LogP contribution in [-0.4, -0.2) is 19.6 Å². The maximum absolute atomic E-state index is 12.3. The van der Waals surface area contributed by atoms with Crippen molar-refractivity contribution < 1.29 is 14.3 Å². The third-order valence-electron chi connectivity index (χ3n) is 4.51. The molecule has 32 heavy (non-hydrogen) atoms. The molecule has 0 heterocycles. The highest BCUT2D eigenvalue weighted by molar-refractivity contribution is 9.10. The van der Waals surface area contributed by atoms with Crippen molar-refractivity contribution in [3.63, 3.8) is 0 Å². The lowest BCUT2D eigenvalue weighted by Gasteiger charge is -2.15. The molecule has 168 valence electrons. The molecule has 0 atom stereocenters. The summed E-state index contributed by atoms with van der Waals surface area (Å²) in [6, 6.07) is 14.4. The van der Waals surface area contributed by atoms with E-state index in [-0.39, 0.29) is 12.5 Å².